The van der Waals surface area contributed by atoms with Crippen molar-refractivity contribution in [3.63, 3.8) is 0 Å². The van der Waals surface area contributed by atoms with Crippen LogP contribution in [0.5, 0.6) is 23.0 Å². The van der Waals surface area contributed by atoms with Crippen molar-refractivity contribution in [2.45, 2.75) is 25.9 Å². The van der Waals surface area contributed by atoms with Gasteiger partial charge >= 0.3 is 17.9 Å². The number of esters is 2. The van der Waals surface area contributed by atoms with Gasteiger partial charge in [0.05, 0.1) is 37.0 Å². The van der Waals surface area contributed by atoms with E-state index in [9.17, 15) is 19.2 Å². The van der Waals surface area contributed by atoms with Crippen molar-refractivity contribution in [2.75, 3.05) is 14.2 Å². The Morgan fingerprint density at radius 2 is 0.967 bits per heavy atom. The molecule has 0 saturated heterocycles. The van der Waals surface area contributed by atoms with Gasteiger partial charge in [0, 0.05) is 26.1 Å². The van der Waals surface area contributed by atoms with E-state index in [0.717, 1.165) is 11.1 Å². The minimum atomic E-state index is -1.10. The summed E-state index contributed by atoms with van der Waals surface area (Å²) in [6.07, 6.45) is 0. The molecule has 0 bridgehead atoms. The van der Waals surface area contributed by atoms with Crippen LogP contribution in [0.15, 0.2) is 133 Å². The minimum Gasteiger partial charge on any atom is -0.478 e. The topological polar surface area (TPSA) is 163 Å². The number of amides is 1. The highest BCUT2D eigenvalue weighted by molar-refractivity contribution is 6.32. The molecule has 4 N–H and O–H groups in total. The number of halogens is 4. The number of carboxylic acid groups (broad SMARTS) is 1. The third-order valence-corrected chi connectivity index (χ3v) is 9.38. The second kappa shape index (κ2) is 23.1. The normalized spacial score (nSPS) is 11.2. The second-order valence-corrected chi connectivity index (χ2v) is 14.7. The molecule has 0 heterocycles. The predicted molar refractivity (Wildman–Crippen MR) is 237 cm³/mol. The molecule has 0 aromatic heterocycles. The quantitative estimate of drug-likeness (QED) is 0.107. The van der Waals surface area contributed by atoms with Crippen LogP contribution in [-0.4, -0.2) is 43.1 Å². The van der Waals surface area contributed by atoms with Crippen LogP contribution in [0.25, 0.3) is 0 Å². The first kappa shape index (κ1) is 47.6. The number of ether oxygens (including phenoxy) is 4. The van der Waals surface area contributed by atoms with Crippen LogP contribution in [0.2, 0.25) is 20.1 Å². The van der Waals surface area contributed by atoms with Gasteiger partial charge in [-0.2, -0.15) is 0 Å². The predicted octanol–water partition coefficient (Wildman–Crippen LogP) is 12.0. The summed E-state index contributed by atoms with van der Waals surface area (Å²) in [7, 11) is 2.69. The van der Waals surface area contributed by atoms with Crippen molar-refractivity contribution in [1.82, 2.24) is 5.32 Å². The zero-order valence-corrected chi connectivity index (χ0v) is 36.2. The lowest BCUT2D eigenvalue weighted by Gasteiger charge is -2.17. The van der Waals surface area contributed by atoms with Gasteiger partial charge in [-0.15, -0.1) is 0 Å². The lowest BCUT2D eigenvalue weighted by atomic mass is 10.1. The standard InChI is InChI=1S/C23H19Cl2NO4.C13H8Cl2O3.C10H13NO2/c1-14(15-6-8-16(9-7-15)23(28)29-2)26-22(27)20-13-18(25)10-11-21(20)30-19-5-3-4-17(24)12-19;14-8-2-1-3-10(6-8)18-12-5-4-9(15)7-11(12)13(16)17;1-7(11)8-3-5-9(6-4-8)10(12)13-2/h3-14H,1-2H3,(H,26,27);1-7H,(H,16,17);3-7H,11H2,1-2H3/t14-;;7-/m0.0/s1. The first-order valence-electron chi connectivity index (χ1n) is 18.2. The van der Waals surface area contributed by atoms with Crippen LogP contribution in [0.3, 0.4) is 0 Å². The summed E-state index contributed by atoms with van der Waals surface area (Å²) in [6.45, 7) is 3.74. The van der Waals surface area contributed by atoms with Crippen molar-refractivity contribution in [3.05, 3.63) is 187 Å². The van der Waals surface area contributed by atoms with Gasteiger partial charge in [-0.3, -0.25) is 4.79 Å². The zero-order valence-electron chi connectivity index (χ0n) is 33.2. The summed E-state index contributed by atoms with van der Waals surface area (Å²) in [4.78, 5) is 46.6. The Hall–Kier alpha value is -6.08. The fourth-order valence-corrected chi connectivity index (χ4v) is 5.97. The Balaban J connectivity index is 0.000000223. The Labute approximate surface area is 372 Å². The minimum absolute atomic E-state index is 0.00229. The van der Waals surface area contributed by atoms with Gasteiger partial charge in [-0.25, -0.2) is 14.4 Å². The smallest absolute Gasteiger partial charge is 0.339 e. The number of rotatable bonds is 11. The van der Waals surface area contributed by atoms with Gasteiger partial charge in [0.1, 0.15) is 28.6 Å². The molecule has 6 aromatic rings. The molecule has 0 spiro atoms. The Morgan fingerprint density at radius 1 is 0.557 bits per heavy atom. The van der Waals surface area contributed by atoms with Gasteiger partial charge < -0.3 is 35.1 Å². The molecule has 0 aliphatic rings. The van der Waals surface area contributed by atoms with Crippen molar-refractivity contribution >= 4 is 70.2 Å². The number of methoxy groups -OCH3 is 2. The number of hydrogen-bond acceptors (Lipinski definition) is 9. The van der Waals surface area contributed by atoms with Gasteiger partial charge in [0.15, 0.2) is 0 Å². The molecular formula is C46H40Cl4N2O9. The molecule has 0 radical (unpaired) electrons. The first-order chi connectivity index (χ1) is 29.1. The van der Waals surface area contributed by atoms with Crippen LogP contribution in [0.1, 0.15) is 78.5 Å². The molecule has 0 saturated carbocycles. The SMILES string of the molecule is COC(=O)c1ccc([C@H](C)N)cc1.COC(=O)c1ccc([C@H](C)NC(=O)c2cc(Cl)ccc2Oc2cccc(Cl)c2)cc1.O=C(O)c1cc(Cl)ccc1Oc1cccc(Cl)c1. The molecule has 0 aliphatic heterocycles. The number of carbonyl (C=O) groups is 4. The second-order valence-electron chi connectivity index (χ2n) is 12.9. The third-order valence-electron chi connectivity index (χ3n) is 8.44. The number of benzene rings is 6. The molecule has 0 aliphatic carbocycles. The van der Waals surface area contributed by atoms with E-state index in [1.165, 1.54) is 26.4 Å². The maximum atomic E-state index is 12.9. The van der Waals surface area contributed by atoms with Gasteiger partial charge in [-0.05, 0) is 122 Å². The molecule has 316 valence electrons. The molecule has 2 atom stereocenters. The number of nitrogens with two attached hydrogens (primary N) is 1. The van der Waals surface area contributed by atoms with Crippen molar-refractivity contribution in [2.24, 2.45) is 5.73 Å². The van der Waals surface area contributed by atoms with Gasteiger partial charge in [-0.1, -0.05) is 82.8 Å². The number of carbonyl (C=O) groups excluding carboxylic acids is 3. The number of hydrogen-bond donors (Lipinski definition) is 3. The Kier molecular flexibility index (Phi) is 18.0. The van der Waals surface area contributed by atoms with E-state index in [4.69, 9.17) is 71.5 Å². The number of nitrogens with one attached hydrogen (secondary N) is 1. The highest BCUT2D eigenvalue weighted by atomic mass is 35.5. The lowest BCUT2D eigenvalue weighted by Crippen LogP contribution is -2.27. The van der Waals surface area contributed by atoms with E-state index in [2.05, 4.69) is 10.1 Å². The summed E-state index contributed by atoms with van der Waals surface area (Å²) >= 11 is 23.7. The largest absolute Gasteiger partial charge is 0.478 e. The van der Waals surface area contributed by atoms with E-state index in [1.54, 1.807) is 109 Å². The first-order valence-corrected chi connectivity index (χ1v) is 19.7. The Bertz CT molecular complexity index is 2460. The average Bonchev–Trinajstić information content (AvgIpc) is 3.24. The van der Waals surface area contributed by atoms with Crippen LogP contribution in [0.4, 0.5) is 0 Å². The monoisotopic (exact) mass is 904 g/mol. The van der Waals surface area contributed by atoms with Crippen molar-refractivity contribution < 1.29 is 43.2 Å². The molecule has 6 rings (SSSR count). The number of aromatic carboxylic acids is 1. The summed E-state index contributed by atoms with van der Waals surface area (Å²) in [6, 6.07) is 36.4. The average molecular weight is 907 g/mol. The summed E-state index contributed by atoms with van der Waals surface area (Å²) in [5, 5.41) is 13.8. The highest BCUT2D eigenvalue weighted by Crippen LogP contribution is 2.31. The van der Waals surface area contributed by atoms with Crippen LogP contribution < -0.4 is 20.5 Å². The maximum absolute atomic E-state index is 12.9. The molecule has 1 amide bonds. The van der Waals surface area contributed by atoms with E-state index in [1.807, 2.05) is 26.0 Å². The molecule has 15 heteroatoms. The van der Waals surface area contributed by atoms with Gasteiger partial charge in [0.25, 0.3) is 5.91 Å². The van der Waals surface area contributed by atoms with Crippen LogP contribution >= 0.6 is 46.4 Å². The van der Waals surface area contributed by atoms with E-state index in [-0.39, 0.29) is 35.3 Å². The third kappa shape index (κ3) is 14.6. The number of carboxylic acids is 1. The fourth-order valence-electron chi connectivity index (χ4n) is 5.27. The molecule has 11 nitrogen and oxygen atoms in total. The van der Waals surface area contributed by atoms with Crippen LogP contribution in [-0.2, 0) is 9.47 Å². The van der Waals surface area contributed by atoms with Crippen molar-refractivity contribution in [3.8, 4) is 23.0 Å². The highest BCUT2D eigenvalue weighted by Gasteiger charge is 2.18. The zero-order chi connectivity index (χ0) is 44.6. The van der Waals surface area contributed by atoms with Crippen molar-refractivity contribution in [1.29, 1.82) is 0 Å². The molecule has 6 aromatic carbocycles. The van der Waals surface area contributed by atoms with Crippen LogP contribution in [0, 0.1) is 0 Å². The maximum Gasteiger partial charge on any atom is 0.339 e. The molecule has 0 unspecified atom stereocenters. The van der Waals surface area contributed by atoms with E-state index >= 15 is 0 Å². The molecule has 0 fully saturated rings. The molecule has 61 heavy (non-hydrogen) atoms. The summed E-state index contributed by atoms with van der Waals surface area (Å²) < 4.78 is 20.6. The fraction of sp³-hybridized carbons (Fsp3) is 0.130. The van der Waals surface area contributed by atoms with E-state index < -0.39 is 11.9 Å². The Morgan fingerprint density at radius 3 is 1.38 bits per heavy atom. The summed E-state index contributed by atoms with van der Waals surface area (Å²) in [5.74, 6) is -0.649. The van der Waals surface area contributed by atoms with E-state index in [0.29, 0.717) is 54.0 Å². The van der Waals surface area contributed by atoms with Gasteiger partial charge in [0.2, 0.25) is 0 Å². The molecular weight excluding hydrogens is 866 g/mol. The lowest BCUT2D eigenvalue weighted by molar-refractivity contribution is 0.0592. The summed E-state index contributed by atoms with van der Waals surface area (Å²) in [5.41, 5.74) is 8.77.